The Bertz CT molecular complexity index is 2170. The molecule has 26 heteroatoms. The number of allylic oxidation sites excluding steroid dienone is 1. The number of nitrogens with zero attached hydrogens (tertiary/aromatic N) is 3. The largest absolute Gasteiger partial charge is 0.499 e. The highest BCUT2D eigenvalue weighted by atomic mass is 16.6. The number of amides is 2. The fourth-order valence-corrected chi connectivity index (χ4v) is 6.43. The molecule has 0 spiro atoms. The Kier molecular flexibility index (Phi) is 36.4. The molecule has 26 nitrogen and oxygen atoms in total. The molecule has 0 bridgehead atoms. The minimum absolute atomic E-state index is 0.0511. The Morgan fingerprint density at radius 3 is 1.81 bits per heavy atom. The lowest BCUT2D eigenvalue weighted by Gasteiger charge is -2.15. The molecule has 0 aliphatic rings. The summed E-state index contributed by atoms with van der Waals surface area (Å²) >= 11 is 0. The van der Waals surface area contributed by atoms with Crippen LogP contribution in [-0.4, -0.2) is 201 Å². The summed E-state index contributed by atoms with van der Waals surface area (Å²) in [4.78, 5) is 63.8. The fraction of sp³-hybridized carbons (Fsp3) is 0.627. The molecule has 1 aromatic carbocycles. The summed E-state index contributed by atoms with van der Waals surface area (Å²) in [5.74, 6) is -1.57. The van der Waals surface area contributed by atoms with Crippen LogP contribution < -0.4 is 38.3 Å². The number of aliphatic carboxylic acids is 1. The van der Waals surface area contributed by atoms with E-state index >= 15 is 0 Å². The smallest absolute Gasteiger partial charge is 0.326 e. The first-order valence-corrected chi connectivity index (χ1v) is 25.9. The van der Waals surface area contributed by atoms with Crippen LogP contribution in [0.5, 0.6) is 0 Å². The Morgan fingerprint density at radius 1 is 0.701 bits per heavy atom. The second-order valence-corrected chi connectivity index (χ2v) is 16.9. The van der Waals surface area contributed by atoms with Crippen molar-refractivity contribution in [2.45, 2.75) is 58.0 Å². The Hall–Kier alpha value is -6.07. The maximum atomic E-state index is 12.8. The average Bonchev–Trinajstić information content (AvgIpc) is 3.41. The van der Waals surface area contributed by atoms with Gasteiger partial charge in [0.05, 0.1) is 155 Å². The summed E-state index contributed by atoms with van der Waals surface area (Å²) in [6.45, 7) is 16.3. The van der Waals surface area contributed by atoms with Crippen molar-refractivity contribution in [2.24, 2.45) is 5.73 Å². The van der Waals surface area contributed by atoms with Crippen LogP contribution in [0, 0.1) is 0 Å². The van der Waals surface area contributed by atoms with Gasteiger partial charge in [-0.15, -0.1) is 0 Å². The van der Waals surface area contributed by atoms with E-state index in [0.717, 1.165) is 38.0 Å². The minimum atomic E-state index is -1.28. The van der Waals surface area contributed by atoms with Crippen molar-refractivity contribution in [1.82, 2.24) is 35.9 Å². The molecule has 0 aliphatic heterocycles. The summed E-state index contributed by atoms with van der Waals surface area (Å²) in [5, 5.41) is 21.1. The summed E-state index contributed by atoms with van der Waals surface area (Å²) in [7, 11) is 0. The van der Waals surface area contributed by atoms with E-state index in [4.69, 9.17) is 63.6 Å². The molecular weight excluding hydrogens is 1010 g/mol. The number of unbranched alkanes of at least 4 members (excludes halogenated alkanes) is 2. The normalized spacial score (nSPS) is 11.9. The number of carboxylic acid groups (broad SMARTS) is 1. The number of carboxylic acids is 1. The Balaban J connectivity index is 0.996. The summed E-state index contributed by atoms with van der Waals surface area (Å²) in [5.41, 5.74) is 13.2. The number of rotatable bonds is 50. The van der Waals surface area contributed by atoms with Gasteiger partial charge in [0.15, 0.2) is 11.2 Å². The lowest BCUT2D eigenvalue weighted by Crippen LogP contribution is -2.41. The molecule has 77 heavy (non-hydrogen) atoms. The molecule has 2 heterocycles. The van der Waals surface area contributed by atoms with Crippen molar-refractivity contribution in [3.63, 3.8) is 0 Å². The molecule has 0 fully saturated rings. The second kappa shape index (κ2) is 43.0. The number of benzene rings is 1. The fourth-order valence-electron chi connectivity index (χ4n) is 6.43. The predicted molar refractivity (Wildman–Crippen MR) is 285 cm³/mol. The molecule has 2 aromatic heterocycles. The zero-order chi connectivity index (χ0) is 55.4. The number of carbonyl (C=O) groups is 3. The number of hydrogen-bond donors (Lipinski definition) is 8. The summed E-state index contributed by atoms with van der Waals surface area (Å²) in [6.07, 6.45) is 6.93. The number of nitrogen functional groups attached to an aromatic ring is 1. The molecule has 432 valence electrons. The van der Waals surface area contributed by atoms with Gasteiger partial charge in [0.1, 0.15) is 6.04 Å². The third-order valence-electron chi connectivity index (χ3n) is 10.4. The number of fused-ring (bicyclic) bond motifs is 1. The number of carbonyl (C=O) groups excluding carboxylic acids is 2. The molecule has 3 aromatic rings. The van der Waals surface area contributed by atoms with Gasteiger partial charge in [-0.3, -0.25) is 19.4 Å². The number of ether oxygens (including phenoxy) is 11. The van der Waals surface area contributed by atoms with Crippen LogP contribution in [0.2, 0.25) is 0 Å². The molecule has 0 unspecified atom stereocenters. The van der Waals surface area contributed by atoms with E-state index in [1.165, 1.54) is 18.3 Å². The van der Waals surface area contributed by atoms with Gasteiger partial charge in [0.25, 0.3) is 11.5 Å². The summed E-state index contributed by atoms with van der Waals surface area (Å²) < 4.78 is 60.5. The maximum Gasteiger partial charge on any atom is 0.326 e. The van der Waals surface area contributed by atoms with Crippen molar-refractivity contribution in [2.75, 3.05) is 163 Å². The first kappa shape index (κ1) is 65.2. The van der Waals surface area contributed by atoms with Gasteiger partial charge in [0, 0.05) is 50.2 Å². The molecule has 0 radical (unpaired) electrons. The average molecular weight is 1090 g/mol. The molecular formula is C51H82N10O16. The van der Waals surface area contributed by atoms with Crippen molar-refractivity contribution >= 4 is 40.6 Å². The number of hydrogen-bond acceptors (Lipinski definition) is 22. The van der Waals surface area contributed by atoms with Crippen LogP contribution in [0.25, 0.3) is 11.2 Å². The number of aromatic amines is 1. The van der Waals surface area contributed by atoms with E-state index in [9.17, 15) is 24.3 Å². The quantitative estimate of drug-likeness (QED) is 0.0294. The van der Waals surface area contributed by atoms with Gasteiger partial charge in [-0.05, 0) is 63.3 Å². The third-order valence-corrected chi connectivity index (χ3v) is 10.4. The topological polar surface area (TPSA) is 345 Å². The van der Waals surface area contributed by atoms with E-state index in [0.29, 0.717) is 149 Å². The Morgan fingerprint density at radius 2 is 1.25 bits per heavy atom. The van der Waals surface area contributed by atoms with Gasteiger partial charge in [0.2, 0.25) is 11.9 Å². The highest BCUT2D eigenvalue weighted by molar-refractivity contribution is 5.97. The van der Waals surface area contributed by atoms with Crippen molar-refractivity contribution < 1.29 is 71.6 Å². The van der Waals surface area contributed by atoms with Gasteiger partial charge >= 0.3 is 5.97 Å². The number of H-pyrrole nitrogens is 1. The highest BCUT2D eigenvalue weighted by Crippen LogP contribution is 2.13. The molecule has 10 N–H and O–H groups in total. The molecule has 1 atom stereocenters. The lowest BCUT2D eigenvalue weighted by molar-refractivity contribution is -0.139. The van der Waals surface area contributed by atoms with E-state index in [2.05, 4.69) is 47.8 Å². The molecule has 2 amide bonds. The lowest BCUT2D eigenvalue weighted by atomic mass is 10.1. The van der Waals surface area contributed by atoms with E-state index in [1.54, 1.807) is 18.3 Å². The molecule has 3 rings (SSSR count). The van der Waals surface area contributed by atoms with E-state index in [1.807, 2.05) is 6.92 Å². The second-order valence-electron chi connectivity index (χ2n) is 16.9. The highest BCUT2D eigenvalue weighted by Gasteiger charge is 2.22. The standard InChI is InChI=1S/C51H82N10O16/c1-39(2)77-17-5-3-4-13-54-35-41(52)38-76-16-6-15-67-19-21-69-23-25-71-27-29-73-31-33-75-34-32-74-30-28-72-26-24-70-22-20-68-18-14-55-45(62)12-11-44(50(65)66)59-48(63)40-7-9-42(10-8-40)56-36-43-37-57-47-46(58-43)49(64)61-51(53)60-47/h7-10,35,37,44,54,56H,1,3-6,11-34,36,38,52H2,2H3,(H,55,62)(H,59,63)(H,65,66)(H3,53,57,60,61,64)/b41-35-/t44-/m0/s1. The molecule has 0 saturated carbocycles. The summed E-state index contributed by atoms with van der Waals surface area (Å²) in [6, 6.07) is 5.02. The number of anilines is 2. The monoisotopic (exact) mass is 1090 g/mol. The number of aromatic nitrogens is 4. The van der Waals surface area contributed by atoms with Crippen LogP contribution in [0.15, 0.2) is 59.5 Å². The van der Waals surface area contributed by atoms with Crippen LogP contribution in [0.4, 0.5) is 11.6 Å². The van der Waals surface area contributed by atoms with E-state index < -0.39 is 23.5 Å². The predicted octanol–water partition coefficient (Wildman–Crippen LogP) is 1.65. The van der Waals surface area contributed by atoms with Crippen LogP contribution in [0.1, 0.15) is 61.5 Å². The van der Waals surface area contributed by atoms with Crippen LogP contribution in [-0.2, 0) is 68.2 Å². The molecule has 0 saturated heterocycles. The van der Waals surface area contributed by atoms with Crippen LogP contribution >= 0.6 is 0 Å². The van der Waals surface area contributed by atoms with E-state index in [-0.39, 0.29) is 61.1 Å². The van der Waals surface area contributed by atoms with Gasteiger partial charge in [-0.1, -0.05) is 6.58 Å². The van der Waals surface area contributed by atoms with Crippen molar-refractivity contribution in [3.8, 4) is 0 Å². The third kappa shape index (κ3) is 33.6. The number of nitrogens with two attached hydrogens (primary N) is 2. The maximum absolute atomic E-state index is 12.8. The van der Waals surface area contributed by atoms with Gasteiger partial charge in [-0.2, -0.15) is 4.98 Å². The van der Waals surface area contributed by atoms with Gasteiger partial charge < -0.3 is 89.9 Å². The first-order valence-electron chi connectivity index (χ1n) is 25.9. The first-order chi connectivity index (χ1) is 37.5. The van der Waals surface area contributed by atoms with Crippen molar-refractivity contribution in [3.05, 3.63) is 76.3 Å². The zero-order valence-corrected chi connectivity index (χ0v) is 44.5. The van der Waals surface area contributed by atoms with Crippen molar-refractivity contribution in [1.29, 1.82) is 0 Å². The van der Waals surface area contributed by atoms with Crippen LogP contribution in [0.3, 0.4) is 0 Å². The SMILES string of the molecule is C=C(C)OCCCCCN/C=C(\N)COCCCOCCOCCOCCOCCOCCOCCOCCOCCOCCNC(=O)CC[C@H](NC(=O)c1ccc(NCc2cnc3nc(N)[nH]c(=O)c3n2)cc1)C(=O)O. The minimum Gasteiger partial charge on any atom is -0.499 e. The number of nitrogens with one attached hydrogen (secondary N) is 5. The zero-order valence-electron chi connectivity index (χ0n) is 44.5. The Labute approximate surface area is 449 Å². The molecule has 0 aliphatic carbocycles. The van der Waals surface area contributed by atoms with Gasteiger partial charge in [-0.25, -0.2) is 14.8 Å².